The summed E-state index contributed by atoms with van der Waals surface area (Å²) < 4.78 is 5.74. The third kappa shape index (κ3) is 4.27. The van der Waals surface area contributed by atoms with Crippen LogP contribution >= 0.6 is 24.0 Å². The van der Waals surface area contributed by atoms with Gasteiger partial charge in [0.05, 0.1) is 11.7 Å². The number of hydrogen-bond donors (Lipinski definition) is 1. The van der Waals surface area contributed by atoms with Crippen LogP contribution < -0.4 is 5.32 Å². The summed E-state index contributed by atoms with van der Waals surface area (Å²) in [5.74, 6) is 0. The molecule has 0 radical (unpaired) electrons. The van der Waals surface area contributed by atoms with Gasteiger partial charge in [0.25, 0.3) is 0 Å². The van der Waals surface area contributed by atoms with Gasteiger partial charge in [0.1, 0.15) is 6.10 Å². The molecule has 1 N–H and O–H groups in total. The van der Waals surface area contributed by atoms with E-state index in [2.05, 4.69) is 35.5 Å². The van der Waals surface area contributed by atoms with E-state index >= 15 is 0 Å². The first kappa shape index (κ1) is 21.0. The molecule has 30 heavy (non-hydrogen) atoms. The fourth-order valence-corrected chi connectivity index (χ4v) is 5.19. The molecule has 2 atom stereocenters. The lowest BCUT2D eigenvalue weighted by atomic mass is 9.98. The second kappa shape index (κ2) is 9.27. The third-order valence-corrected chi connectivity index (χ3v) is 7.09. The Balaban J connectivity index is 1.36. The van der Waals surface area contributed by atoms with Gasteiger partial charge < -0.3 is 15.0 Å². The number of nitrogens with one attached hydrogen (secondary N) is 1. The zero-order valence-corrected chi connectivity index (χ0v) is 18.9. The molecule has 2 aliphatic heterocycles. The number of carbonyl (C=O) groups is 1. The van der Waals surface area contributed by atoms with Crippen molar-refractivity contribution in [2.75, 3.05) is 24.7 Å². The van der Waals surface area contributed by atoms with Crippen molar-refractivity contribution in [2.45, 2.75) is 42.8 Å². The highest BCUT2D eigenvalue weighted by atomic mass is 32.2. The normalized spacial score (nSPS) is 22.1. The minimum absolute atomic E-state index is 0.0231. The van der Waals surface area contributed by atoms with Gasteiger partial charge in [-0.25, -0.2) is 4.79 Å². The standard InChI is InChI=1S/C23H27N3O2S2/c1-16-21(17-8-4-3-5-9-17)28-23(27)26(16)18-12-14-25(15-13-18)22(29)24-19-10-6-7-11-20(19)30-2/h3-11,16,18,21H,12-15H2,1-2H3,(H,24,29). The molecule has 158 valence electrons. The summed E-state index contributed by atoms with van der Waals surface area (Å²) in [4.78, 5) is 18.0. The molecule has 0 aromatic heterocycles. The van der Waals surface area contributed by atoms with Gasteiger partial charge in [-0.15, -0.1) is 11.8 Å². The van der Waals surface area contributed by atoms with Crippen LogP contribution in [0.1, 0.15) is 31.4 Å². The predicted molar refractivity (Wildman–Crippen MR) is 126 cm³/mol. The molecule has 2 heterocycles. The lowest BCUT2D eigenvalue weighted by Gasteiger charge is -2.38. The first-order valence-electron chi connectivity index (χ1n) is 10.3. The van der Waals surface area contributed by atoms with Gasteiger partial charge >= 0.3 is 6.09 Å². The Morgan fingerprint density at radius 2 is 1.77 bits per heavy atom. The highest BCUT2D eigenvalue weighted by Gasteiger charge is 2.44. The number of anilines is 1. The smallest absolute Gasteiger partial charge is 0.411 e. The van der Waals surface area contributed by atoms with Crippen molar-refractivity contribution in [3.63, 3.8) is 0 Å². The van der Waals surface area contributed by atoms with Gasteiger partial charge in [-0.3, -0.25) is 4.90 Å². The highest BCUT2D eigenvalue weighted by Crippen LogP contribution is 2.36. The summed E-state index contributed by atoms with van der Waals surface area (Å²) in [7, 11) is 0. The topological polar surface area (TPSA) is 44.8 Å². The number of para-hydroxylation sites is 1. The Hall–Kier alpha value is -2.25. The molecule has 2 saturated heterocycles. The van der Waals surface area contributed by atoms with Crippen LogP contribution in [0, 0.1) is 0 Å². The molecule has 5 nitrogen and oxygen atoms in total. The van der Waals surface area contributed by atoms with Crippen molar-refractivity contribution >= 4 is 40.9 Å². The summed E-state index contributed by atoms with van der Waals surface area (Å²) in [6.45, 7) is 3.73. The fraction of sp³-hybridized carbons (Fsp3) is 0.391. The highest BCUT2D eigenvalue weighted by molar-refractivity contribution is 7.98. The van der Waals surface area contributed by atoms with Crippen LogP contribution in [-0.2, 0) is 4.74 Å². The molecule has 0 aliphatic carbocycles. The third-order valence-electron chi connectivity index (χ3n) is 5.94. The summed E-state index contributed by atoms with van der Waals surface area (Å²) in [6.07, 6.45) is 3.42. The van der Waals surface area contributed by atoms with E-state index < -0.39 is 0 Å². The summed E-state index contributed by atoms with van der Waals surface area (Å²) in [6, 6.07) is 18.4. The molecule has 4 rings (SSSR count). The van der Waals surface area contributed by atoms with E-state index in [0.29, 0.717) is 0 Å². The monoisotopic (exact) mass is 441 g/mol. The first-order chi connectivity index (χ1) is 14.6. The van der Waals surface area contributed by atoms with Crippen LogP contribution in [-0.4, -0.2) is 52.4 Å². The SMILES string of the molecule is CSc1ccccc1NC(=S)N1CCC(N2C(=O)OC(c3ccccc3)C2C)CC1. The Morgan fingerprint density at radius 1 is 1.10 bits per heavy atom. The summed E-state index contributed by atoms with van der Waals surface area (Å²) in [5.41, 5.74) is 2.09. The van der Waals surface area contributed by atoms with Crippen molar-refractivity contribution < 1.29 is 9.53 Å². The average Bonchev–Trinajstić information content (AvgIpc) is 3.08. The van der Waals surface area contributed by atoms with Crippen molar-refractivity contribution in [3.8, 4) is 0 Å². The van der Waals surface area contributed by atoms with Gasteiger partial charge in [0, 0.05) is 24.0 Å². The molecule has 2 aromatic carbocycles. The molecule has 0 bridgehead atoms. The molecule has 2 unspecified atom stereocenters. The number of rotatable bonds is 4. The van der Waals surface area contributed by atoms with Crippen LogP contribution in [0.2, 0.25) is 0 Å². The fourth-order valence-electron chi connectivity index (χ4n) is 4.34. The number of piperidine rings is 1. The van der Waals surface area contributed by atoms with Gasteiger partial charge in [0.2, 0.25) is 0 Å². The van der Waals surface area contributed by atoms with E-state index in [1.165, 1.54) is 4.90 Å². The van der Waals surface area contributed by atoms with E-state index in [4.69, 9.17) is 17.0 Å². The molecule has 2 aliphatic rings. The zero-order valence-electron chi connectivity index (χ0n) is 17.3. The number of nitrogens with zero attached hydrogens (tertiary/aromatic N) is 2. The number of thioether (sulfide) groups is 1. The van der Waals surface area contributed by atoms with E-state index in [1.807, 2.05) is 47.4 Å². The largest absolute Gasteiger partial charge is 0.439 e. The van der Waals surface area contributed by atoms with Crippen molar-refractivity contribution in [3.05, 3.63) is 60.2 Å². The van der Waals surface area contributed by atoms with Crippen molar-refractivity contribution in [1.82, 2.24) is 9.80 Å². The molecule has 7 heteroatoms. The first-order valence-corrected chi connectivity index (χ1v) is 11.9. The molecule has 2 aromatic rings. The minimum Gasteiger partial charge on any atom is -0.439 e. The van der Waals surface area contributed by atoms with E-state index in [9.17, 15) is 4.79 Å². The maximum atomic E-state index is 12.6. The zero-order chi connectivity index (χ0) is 21.1. The molecule has 1 amide bonds. The lowest BCUT2D eigenvalue weighted by Crippen LogP contribution is -2.50. The van der Waals surface area contributed by atoms with Crippen LogP contribution in [0.15, 0.2) is 59.5 Å². The maximum Gasteiger partial charge on any atom is 0.411 e. The number of thiocarbonyl (C=S) groups is 1. The van der Waals surface area contributed by atoms with Gasteiger partial charge in [-0.2, -0.15) is 0 Å². The van der Waals surface area contributed by atoms with Crippen molar-refractivity contribution in [1.29, 1.82) is 0 Å². The second-order valence-corrected chi connectivity index (χ2v) is 8.95. The Bertz CT molecular complexity index is 900. The molecular weight excluding hydrogens is 414 g/mol. The number of hydrogen-bond acceptors (Lipinski definition) is 4. The Morgan fingerprint density at radius 3 is 2.47 bits per heavy atom. The van der Waals surface area contributed by atoms with Crippen LogP contribution in [0.5, 0.6) is 0 Å². The van der Waals surface area contributed by atoms with E-state index in [-0.39, 0.29) is 24.3 Å². The van der Waals surface area contributed by atoms with E-state index in [0.717, 1.165) is 42.3 Å². The van der Waals surface area contributed by atoms with Crippen LogP contribution in [0.25, 0.3) is 0 Å². The Labute approximate surface area is 187 Å². The summed E-state index contributed by atoms with van der Waals surface area (Å²) >= 11 is 7.37. The quantitative estimate of drug-likeness (QED) is 0.523. The number of likely N-dealkylation sites (tertiary alicyclic amines) is 1. The predicted octanol–water partition coefficient (Wildman–Crippen LogP) is 5.15. The number of amides is 1. The average molecular weight is 442 g/mol. The summed E-state index contributed by atoms with van der Waals surface area (Å²) in [5, 5.41) is 4.14. The van der Waals surface area contributed by atoms with Crippen LogP contribution in [0.3, 0.4) is 0 Å². The van der Waals surface area contributed by atoms with E-state index in [1.54, 1.807) is 11.8 Å². The van der Waals surface area contributed by atoms with Gasteiger partial charge in [-0.05, 0) is 55.9 Å². The number of carbonyl (C=O) groups excluding carboxylic acids is 1. The molecule has 2 fully saturated rings. The number of ether oxygens (including phenoxy) is 1. The second-order valence-electron chi connectivity index (χ2n) is 7.71. The van der Waals surface area contributed by atoms with Gasteiger partial charge in [0.15, 0.2) is 5.11 Å². The number of cyclic esters (lactones) is 1. The molecular formula is C23H27N3O2S2. The van der Waals surface area contributed by atoms with Crippen molar-refractivity contribution in [2.24, 2.45) is 0 Å². The van der Waals surface area contributed by atoms with Gasteiger partial charge in [-0.1, -0.05) is 42.5 Å². The lowest BCUT2D eigenvalue weighted by molar-refractivity contribution is 0.120. The molecule has 0 spiro atoms. The molecule has 0 saturated carbocycles. The van der Waals surface area contributed by atoms with Crippen LogP contribution in [0.4, 0.5) is 10.5 Å². The minimum atomic E-state index is -0.206. The maximum absolute atomic E-state index is 12.6. The number of benzene rings is 2. The Kier molecular flexibility index (Phi) is 6.49.